The first kappa shape index (κ1) is 48.3. The van der Waals surface area contributed by atoms with Gasteiger partial charge in [0.25, 0.3) is 11.8 Å². The number of sulfone groups is 2. The third-order valence-electron chi connectivity index (χ3n) is 12.2. The minimum Gasteiger partial charge on any atom is -0.484 e. The summed E-state index contributed by atoms with van der Waals surface area (Å²) in [5.74, 6) is 3.09. The summed E-state index contributed by atoms with van der Waals surface area (Å²) < 4.78 is 88.5. The molecule has 4 aromatic carbocycles. The van der Waals surface area contributed by atoms with Gasteiger partial charge < -0.3 is 39.1 Å². The molecule has 4 aliphatic rings. The van der Waals surface area contributed by atoms with Crippen molar-refractivity contribution < 1.29 is 54.8 Å². The van der Waals surface area contributed by atoms with Gasteiger partial charge in [0.05, 0.1) is 33.5 Å². The van der Waals surface area contributed by atoms with Gasteiger partial charge in [-0.3, -0.25) is 19.0 Å². The smallest absolute Gasteiger partial charge is 0.257 e. The molecule has 0 radical (unpaired) electrons. The van der Waals surface area contributed by atoms with E-state index in [1.165, 1.54) is 0 Å². The third-order valence-corrected chi connectivity index (χ3v) is 16.7. The lowest BCUT2D eigenvalue weighted by molar-refractivity contribution is 0.0203. The summed E-state index contributed by atoms with van der Waals surface area (Å²) in [6.07, 6.45) is 7.36. The Hall–Kier alpha value is -6.74. The number of fused-ring (bicyclic) bond motifs is 2. The number of nitrogens with one attached hydrogen (secondary N) is 2. The molecule has 10 rings (SSSR count). The van der Waals surface area contributed by atoms with Crippen LogP contribution in [0, 0.1) is 0 Å². The summed E-state index contributed by atoms with van der Waals surface area (Å²) in [7, 11) is 0.186. The van der Waals surface area contributed by atoms with Crippen LogP contribution in [0.15, 0.2) is 107 Å². The number of hydrogen-bond acceptors (Lipinski definition) is 14. The van der Waals surface area contributed by atoms with Gasteiger partial charge in [-0.25, -0.2) is 16.8 Å². The van der Waals surface area contributed by atoms with Crippen LogP contribution in [0.1, 0.15) is 71.4 Å². The van der Waals surface area contributed by atoms with Crippen molar-refractivity contribution in [3.8, 4) is 34.5 Å². The van der Waals surface area contributed by atoms with E-state index in [2.05, 4.69) is 20.8 Å². The molecule has 2 amide bonds. The van der Waals surface area contributed by atoms with Gasteiger partial charge in [0.2, 0.25) is 0 Å². The summed E-state index contributed by atoms with van der Waals surface area (Å²) in [6.45, 7) is 4.60. The number of ether oxygens (including phenoxy) is 6. The molecule has 18 nitrogen and oxygen atoms in total. The third kappa shape index (κ3) is 10.5. The van der Waals surface area contributed by atoms with E-state index in [9.17, 15) is 26.4 Å². The number of hydrogen-bond donors (Lipinski definition) is 2. The van der Waals surface area contributed by atoms with Crippen molar-refractivity contribution in [2.24, 2.45) is 14.1 Å². The summed E-state index contributed by atoms with van der Waals surface area (Å²) in [5.41, 5.74) is 1.11. The molecule has 2 unspecified atom stereocenters. The predicted octanol–water partition coefficient (Wildman–Crippen LogP) is 7.48. The lowest BCUT2D eigenvalue weighted by Gasteiger charge is -2.22. The maximum absolute atomic E-state index is 13.0. The maximum atomic E-state index is 13.0. The molecule has 0 saturated heterocycles. The number of anilines is 2. The monoisotopic (exact) mass is 994 g/mol. The number of carbonyl (C=O) groups is 2. The van der Waals surface area contributed by atoms with Crippen LogP contribution in [-0.4, -0.2) is 97.3 Å². The molecule has 2 aromatic heterocycles. The van der Waals surface area contributed by atoms with E-state index >= 15 is 0 Å². The fourth-order valence-corrected chi connectivity index (χ4v) is 11.8. The summed E-state index contributed by atoms with van der Waals surface area (Å²) in [4.78, 5) is 26.5. The molecule has 2 aliphatic heterocycles. The molecule has 2 fully saturated rings. The fourth-order valence-electron chi connectivity index (χ4n) is 8.47. The minimum absolute atomic E-state index is 0.276. The Bertz CT molecular complexity index is 2970. The molecule has 2 aliphatic carbocycles. The molecule has 2 N–H and O–H groups in total. The van der Waals surface area contributed by atoms with Crippen molar-refractivity contribution in [2.75, 3.05) is 38.1 Å². The standard InChI is InChI=1S/2C25H27N3O6S/c2*1-25(15-32-3)14-20-21(33-17-4-6-18(7-5-17)35(30,31)19-8-9-19)12-16(13-22(20)34-25)24(29)26-23-10-11-28(2)27-23/h2*4-7,10-13,19H,8-9,14-15H2,1-3H3,(H,26,27,29). The van der Waals surface area contributed by atoms with E-state index < -0.39 is 30.9 Å². The van der Waals surface area contributed by atoms with Gasteiger partial charge in [0, 0.05) is 87.9 Å². The number of benzene rings is 4. The topological polar surface area (TPSA) is 217 Å². The van der Waals surface area contributed by atoms with Crippen LogP contribution < -0.4 is 29.6 Å². The van der Waals surface area contributed by atoms with Crippen molar-refractivity contribution in [1.29, 1.82) is 0 Å². The average molecular weight is 995 g/mol. The van der Waals surface area contributed by atoms with Crippen LogP contribution in [0.5, 0.6) is 34.5 Å². The quantitative estimate of drug-likeness (QED) is 0.0961. The van der Waals surface area contributed by atoms with Crippen LogP contribution in [-0.2, 0) is 56.1 Å². The Labute approximate surface area is 406 Å². The molecule has 2 atom stereocenters. The molecule has 6 aromatic rings. The van der Waals surface area contributed by atoms with Crippen molar-refractivity contribution >= 4 is 43.1 Å². The van der Waals surface area contributed by atoms with Gasteiger partial charge in [-0.15, -0.1) is 0 Å². The van der Waals surface area contributed by atoms with E-state index in [1.807, 2.05) is 13.8 Å². The Morgan fingerprint density at radius 1 is 0.614 bits per heavy atom. The summed E-state index contributed by atoms with van der Waals surface area (Å²) in [5, 5.41) is 13.4. The number of nitrogens with zero attached hydrogens (tertiary/aromatic N) is 4. The highest BCUT2D eigenvalue weighted by molar-refractivity contribution is 7.92. The summed E-state index contributed by atoms with van der Waals surface area (Å²) in [6, 6.07) is 22.9. The van der Waals surface area contributed by atoms with Gasteiger partial charge in [0.15, 0.2) is 31.3 Å². The number of methoxy groups -OCH3 is 2. The van der Waals surface area contributed by atoms with Crippen LogP contribution >= 0.6 is 0 Å². The number of rotatable bonds is 16. The fraction of sp³-hybridized carbons (Fsp3) is 0.360. The Kier molecular flexibility index (Phi) is 13.0. The number of aryl methyl sites for hydroxylation is 2. The molecule has 4 heterocycles. The first-order valence-corrected chi connectivity index (χ1v) is 25.8. The van der Waals surface area contributed by atoms with Gasteiger partial charge in [0.1, 0.15) is 45.7 Å². The van der Waals surface area contributed by atoms with E-state index in [-0.39, 0.29) is 32.1 Å². The second kappa shape index (κ2) is 18.9. The Morgan fingerprint density at radius 3 is 1.30 bits per heavy atom. The highest BCUT2D eigenvalue weighted by Crippen LogP contribution is 2.45. The van der Waals surface area contributed by atoms with Gasteiger partial charge in [-0.1, -0.05) is 0 Å². The van der Waals surface area contributed by atoms with E-state index in [0.29, 0.717) is 109 Å². The van der Waals surface area contributed by atoms with Crippen LogP contribution in [0.4, 0.5) is 11.6 Å². The van der Waals surface area contributed by atoms with E-state index in [4.69, 9.17) is 28.4 Å². The van der Waals surface area contributed by atoms with Gasteiger partial charge in [-0.2, -0.15) is 10.2 Å². The maximum Gasteiger partial charge on any atom is 0.257 e. The molecule has 20 heteroatoms. The zero-order chi connectivity index (χ0) is 49.6. The van der Waals surface area contributed by atoms with Crippen LogP contribution in [0.2, 0.25) is 0 Å². The molecule has 0 spiro atoms. The molecular formula is C50H54N6O12S2. The average Bonchev–Trinajstić information content (AvgIpc) is 4.22. The zero-order valence-electron chi connectivity index (χ0n) is 39.6. The van der Waals surface area contributed by atoms with Crippen molar-refractivity contribution in [1.82, 2.24) is 19.6 Å². The highest BCUT2D eigenvalue weighted by Gasteiger charge is 2.41. The van der Waals surface area contributed by atoms with Crippen molar-refractivity contribution in [3.05, 3.63) is 120 Å². The Balaban J connectivity index is 0.000000174. The highest BCUT2D eigenvalue weighted by atomic mass is 32.2. The number of aromatic nitrogens is 4. The largest absolute Gasteiger partial charge is 0.484 e. The molecule has 0 bridgehead atoms. The Morgan fingerprint density at radius 2 is 0.986 bits per heavy atom. The lowest BCUT2D eigenvalue weighted by Crippen LogP contribution is -2.35. The second-order valence-electron chi connectivity index (χ2n) is 18.5. The number of amides is 2. The normalized spacial score (nSPS) is 19.2. The second-order valence-corrected chi connectivity index (χ2v) is 23.0. The van der Waals surface area contributed by atoms with E-state index in [0.717, 1.165) is 11.1 Å². The first-order valence-electron chi connectivity index (χ1n) is 22.7. The lowest BCUT2D eigenvalue weighted by atomic mass is 9.98. The van der Waals surface area contributed by atoms with Gasteiger partial charge >= 0.3 is 0 Å². The SMILES string of the molecule is COCC1(C)Cc2c(Oc3ccc(S(=O)(=O)C4CC4)cc3)cc(C(=O)Nc3ccn(C)n3)cc2O1.COCC1(C)Cc2c(Oc3ccc(S(=O)(=O)C4CC4)cc3)cc(C(=O)Nc3ccn(C)n3)cc2O1. The first-order chi connectivity index (χ1) is 33.3. The summed E-state index contributed by atoms with van der Waals surface area (Å²) >= 11 is 0. The molecule has 70 heavy (non-hydrogen) atoms. The molecule has 368 valence electrons. The van der Waals surface area contributed by atoms with Crippen LogP contribution in [0.3, 0.4) is 0 Å². The zero-order valence-corrected chi connectivity index (χ0v) is 41.2. The van der Waals surface area contributed by atoms with Crippen molar-refractivity contribution in [2.45, 2.75) is 83.9 Å². The van der Waals surface area contributed by atoms with Crippen molar-refractivity contribution in [3.63, 3.8) is 0 Å². The molecule has 2 saturated carbocycles. The van der Waals surface area contributed by atoms with E-state index in [1.54, 1.807) is 135 Å². The van der Waals surface area contributed by atoms with Crippen LogP contribution in [0.25, 0.3) is 0 Å². The predicted molar refractivity (Wildman–Crippen MR) is 258 cm³/mol. The minimum atomic E-state index is -3.28. The number of carbonyl (C=O) groups excluding carboxylic acids is 2. The molecular weight excluding hydrogens is 941 g/mol. The van der Waals surface area contributed by atoms with Gasteiger partial charge in [-0.05, 0) is 112 Å².